The number of carbonyl (C=O) groups is 1. The molecule has 5 rings (SSSR count). The van der Waals surface area contributed by atoms with Gasteiger partial charge in [0.2, 0.25) is 11.6 Å². The third-order valence-corrected chi connectivity index (χ3v) is 5.70. The molecule has 35 heavy (non-hydrogen) atoms. The highest BCUT2D eigenvalue weighted by atomic mass is 35.5. The van der Waals surface area contributed by atoms with Crippen LogP contribution in [-0.2, 0) is 12.7 Å². The van der Waals surface area contributed by atoms with Crippen LogP contribution in [0, 0.1) is 0 Å². The van der Waals surface area contributed by atoms with Crippen molar-refractivity contribution in [3.05, 3.63) is 100 Å². The topological polar surface area (TPSA) is 81.2 Å². The van der Waals surface area contributed by atoms with E-state index in [0.29, 0.717) is 16.1 Å². The lowest BCUT2D eigenvalue weighted by Gasteiger charge is -2.14. The Morgan fingerprint density at radius 3 is 2.43 bits per heavy atom. The van der Waals surface area contributed by atoms with Gasteiger partial charge in [0.05, 0.1) is 5.56 Å². The van der Waals surface area contributed by atoms with Crippen LogP contribution in [0.5, 0.6) is 5.75 Å². The summed E-state index contributed by atoms with van der Waals surface area (Å²) in [5.74, 6) is -1.89. The summed E-state index contributed by atoms with van der Waals surface area (Å²) in [6, 6.07) is 18.6. The molecule has 0 saturated heterocycles. The third kappa shape index (κ3) is 4.26. The van der Waals surface area contributed by atoms with E-state index in [1.165, 1.54) is 12.1 Å². The van der Waals surface area contributed by atoms with Gasteiger partial charge in [-0.25, -0.2) is 0 Å². The summed E-state index contributed by atoms with van der Waals surface area (Å²) in [6.07, 6.45) is -4.90. The number of benzene rings is 3. The predicted octanol–water partition coefficient (Wildman–Crippen LogP) is 6.35. The normalized spacial score (nSPS) is 11.8. The van der Waals surface area contributed by atoms with Crippen LogP contribution in [0.4, 0.5) is 13.2 Å². The maximum atomic E-state index is 14.4. The van der Waals surface area contributed by atoms with Crippen molar-refractivity contribution in [2.75, 3.05) is 0 Å². The Hall–Kier alpha value is -4.11. The first-order valence-electron chi connectivity index (χ1n) is 10.3. The molecule has 0 atom stereocenters. The van der Waals surface area contributed by atoms with E-state index in [1.807, 2.05) is 0 Å². The van der Waals surface area contributed by atoms with Gasteiger partial charge in [0.25, 0.3) is 5.89 Å². The number of aromatic hydroxyl groups is 1. The number of phenolic OH excluding ortho intramolecular Hbond substituents is 1. The number of phenols is 1. The Morgan fingerprint density at radius 2 is 1.74 bits per heavy atom. The average molecular weight is 498 g/mol. The Morgan fingerprint density at radius 1 is 1.03 bits per heavy atom. The van der Waals surface area contributed by atoms with Crippen LogP contribution in [0.1, 0.15) is 27.4 Å². The van der Waals surface area contributed by atoms with Crippen LogP contribution in [0.3, 0.4) is 0 Å². The van der Waals surface area contributed by atoms with E-state index in [2.05, 4.69) is 10.1 Å². The minimum Gasteiger partial charge on any atom is -0.508 e. The second kappa shape index (κ2) is 8.59. The molecule has 0 fully saturated rings. The van der Waals surface area contributed by atoms with Crippen LogP contribution >= 0.6 is 11.6 Å². The van der Waals surface area contributed by atoms with Gasteiger partial charge in [-0.2, -0.15) is 18.2 Å². The van der Waals surface area contributed by atoms with Crippen molar-refractivity contribution in [3.63, 3.8) is 0 Å². The van der Waals surface area contributed by atoms with Crippen molar-refractivity contribution in [1.29, 1.82) is 0 Å². The van der Waals surface area contributed by atoms with E-state index in [0.717, 1.165) is 10.6 Å². The highest BCUT2D eigenvalue weighted by Gasteiger charge is 2.42. The summed E-state index contributed by atoms with van der Waals surface area (Å²) in [4.78, 5) is 17.4. The minimum absolute atomic E-state index is 0.00439. The molecule has 0 spiro atoms. The molecule has 2 aromatic heterocycles. The molecule has 176 valence electrons. The number of nitrogens with zero attached hydrogens (tertiary/aromatic N) is 3. The molecule has 0 bridgehead atoms. The lowest BCUT2D eigenvalue weighted by molar-refractivity contribution is -0.143. The number of rotatable bonds is 5. The van der Waals surface area contributed by atoms with Crippen molar-refractivity contribution in [2.45, 2.75) is 12.7 Å². The second-order valence-corrected chi connectivity index (χ2v) is 8.19. The summed E-state index contributed by atoms with van der Waals surface area (Å²) in [5, 5.41) is 14.0. The first-order valence-corrected chi connectivity index (χ1v) is 10.7. The van der Waals surface area contributed by atoms with Gasteiger partial charge >= 0.3 is 6.18 Å². The zero-order chi connectivity index (χ0) is 24.7. The van der Waals surface area contributed by atoms with E-state index in [9.17, 15) is 23.1 Å². The Bertz CT molecular complexity index is 1540. The number of hydrogen-bond donors (Lipinski definition) is 1. The first-order chi connectivity index (χ1) is 16.7. The molecule has 0 aliphatic carbocycles. The number of carbonyl (C=O) groups excluding carboxylic acids is 1. The average Bonchev–Trinajstić information content (AvgIpc) is 3.44. The molecule has 1 N–H and O–H groups in total. The number of ketones is 1. The van der Waals surface area contributed by atoms with Crippen LogP contribution in [0.25, 0.3) is 22.4 Å². The van der Waals surface area contributed by atoms with Gasteiger partial charge in [0.15, 0.2) is 0 Å². The third-order valence-electron chi connectivity index (χ3n) is 5.45. The molecule has 0 saturated carbocycles. The summed E-state index contributed by atoms with van der Waals surface area (Å²) >= 11 is 5.91. The lowest BCUT2D eigenvalue weighted by Crippen LogP contribution is -2.19. The molecule has 5 aromatic rings. The number of fused-ring (bicyclic) bond motifs is 1. The molecule has 0 radical (unpaired) electrons. The minimum atomic E-state index is -4.90. The van der Waals surface area contributed by atoms with E-state index >= 15 is 0 Å². The summed E-state index contributed by atoms with van der Waals surface area (Å²) < 4.78 is 49.4. The molecular weight excluding hydrogens is 483 g/mol. The number of aromatic nitrogens is 3. The lowest BCUT2D eigenvalue weighted by atomic mass is 10.1. The maximum Gasteiger partial charge on any atom is 0.432 e. The number of alkyl halides is 3. The summed E-state index contributed by atoms with van der Waals surface area (Å²) in [7, 11) is 0. The largest absolute Gasteiger partial charge is 0.508 e. The highest BCUT2D eigenvalue weighted by Crippen LogP contribution is 2.40. The van der Waals surface area contributed by atoms with Gasteiger partial charge in [0.1, 0.15) is 11.4 Å². The molecule has 0 amide bonds. The van der Waals surface area contributed by atoms with Gasteiger partial charge in [0, 0.05) is 28.0 Å². The van der Waals surface area contributed by atoms with E-state index in [-0.39, 0.29) is 29.1 Å². The number of hydrogen-bond acceptors (Lipinski definition) is 5. The van der Waals surface area contributed by atoms with E-state index in [1.54, 1.807) is 54.6 Å². The van der Waals surface area contributed by atoms with Gasteiger partial charge in [-0.1, -0.05) is 47.1 Å². The molecule has 3 aromatic carbocycles. The molecule has 0 aliphatic rings. The van der Waals surface area contributed by atoms with Gasteiger partial charge in [-0.3, -0.25) is 4.79 Å². The molecule has 0 unspecified atom stereocenters. The molecule has 6 nitrogen and oxygen atoms in total. The summed E-state index contributed by atoms with van der Waals surface area (Å²) in [5.41, 5.74) is -0.685. The van der Waals surface area contributed by atoms with Crippen LogP contribution in [0.2, 0.25) is 5.02 Å². The molecular formula is C25H15ClF3N3O3. The van der Waals surface area contributed by atoms with E-state index < -0.39 is 29.0 Å². The standard InChI is InChI=1S/C25H15ClF3N3O3/c26-16-8-6-14(7-9-16)13-32-19-11-10-17(33)12-18(19)20(22(32)25(27,28)29)21(34)23-30-24(35-31-23)15-4-2-1-3-5-15/h1-12,33H,13H2. The molecule has 10 heteroatoms. The van der Waals surface area contributed by atoms with Crippen molar-refractivity contribution in [3.8, 4) is 17.2 Å². The summed E-state index contributed by atoms with van der Waals surface area (Å²) in [6.45, 7) is -0.192. The zero-order valence-electron chi connectivity index (χ0n) is 17.8. The van der Waals surface area contributed by atoms with Crippen molar-refractivity contribution in [2.24, 2.45) is 0 Å². The first kappa shape index (κ1) is 22.7. The van der Waals surface area contributed by atoms with Gasteiger partial charge in [-0.15, -0.1) is 0 Å². The van der Waals surface area contributed by atoms with E-state index in [4.69, 9.17) is 16.1 Å². The SMILES string of the molecule is O=C(c1noc(-c2ccccc2)n1)c1c(C(F)(F)F)n(Cc2ccc(Cl)cc2)c2ccc(O)cc12. The van der Waals surface area contributed by atoms with Gasteiger partial charge < -0.3 is 14.2 Å². The van der Waals surface area contributed by atoms with Crippen molar-refractivity contribution in [1.82, 2.24) is 14.7 Å². The second-order valence-electron chi connectivity index (χ2n) is 7.75. The Balaban J connectivity index is 1.70. The van der Waals surface area contributed by atoms with Gasteiger partial charge in [-0.05, 0) is 48.0 Å². The van der Waals surface area contributed by atoms with Crippen molar-refractivity contribution >= 4 is 28.3 Å². The smallest absolute Gasteiger partial charge is 0.432 e. The predicted molar refractivity (Wildman–Crippen MR) is 122 cm³/mol. The monoisotopic (exact) mass is 497 g/mol. The van der Waals surface area contributed by atoms with Crippen molar-refractivity contribution < 1.29 is 27.6 Å². The Labute approximate surface area is 201 Å². The number of halogens is 4. The van der Waals surface area contributed by atoms with Crippen LogP contribution in [-0.4, -0.2) is 25.6 Å². The van der Waals surface area contributed by atoms with Crippen LogP contribution in [0.15, 0.2) is 77.3 Å². The van der Waals surface area contributed by atoms with Crippen LogP contribution < -0.4 is 0 Å². The quantitative estimate of drug-likeness (QED) is 0.286. The molecule has 0 aliphatic heterocycles. The fourth-order valence-electron chi connectivity index (χ4n) is 3.93. The fraction of sp³-hybridized carbons (Fsp3) is 0.0800. The highest BCUT2D eigenvalue weighted by molar-refractivity contribution is 6.30. The zero-order valence-corrected chi connectivity index (χ0v) is 18.5. The Kier molecular flexibility index (Phi) is 5.56. The maximum absolute atomic E-state index is 14.4. The molecule has 2 heterocycles. The fourth-order valence-corrected chi connectivity index (χ4v) is 4.06.